The Morgan fingerprint density at radius 3 is 2.31 bits per heavy atom. The average molecular weight is 412 g/mol. The SMILES string of the molecule is O=C1[C@H]2[C@H](CC(S(=O)C3CCCCC3)=C3CCCC[C@H]32)C(=O)N1c1ccccc1. The van der Waals surface area contributed by atoms with Crippen molar-refractivity contribution in [3.8, 4) is 0 Å². The van der Waals surface area contributed by atoms with Gasteiger partial charge in [0.05, 0.1) is 28.3 Å². The smallest absolute Gasteiger partial charge is 0.238 e. The van der Waals surface area contributed by atoms with E-state index in [4.69, 9.17) is 0 Å². The van der Waals surface area contributed by atoms with E-state index in [0.717, 1.165) is 56.3 Å². The predicted octanol–water partition coefficient (Wildman–Crippen LogP) is 4.72. The number of benzene rings is 1. The quantitative estimate of drug-likeness (QED) is 0.676. The lowest BCUT2D eigenvalue weighted by molar-refractivity contribution is -0.122. The van der Waals surface area contributed by atoms with E-state index < -0.39 is 10.8 Å². The molecule has 0 bridgehead atoms. The number of hydrogen-bond donors (Lipinski definition) is 0. The first-order valence-corrected chi connectivity index (χ1v) is 12.4. The molecule has 0 N–H and O–H groups in total. The number of amides is 2. The second-order valence-corrected chi connectivity index (χ2v) is 10.8. The number of hydrogen-bond acceptors (Lipinski definition) is 3. The molecule has 3 aliphatic carbocycles. The molecule has 4 nitrogen and oxygen atoms in total. The number of carbonyl (C=O) groups excluding carboxylic acids is 2. The van der Waals surface area contributed by atoms with E-state index in [9.17, 15) is 13.8 Å². The van der Waals surface area contributed by atoms with Crippen molar-refractivity contribution in [1.82, 2.24) is 0 Å². The van der Waals surface area contributed by atoms with Gasteiger partial charge in [-0.1, -0.05) is 49.5 Å². The largest absolute Gasteiger partial charge is 0.274 e. The van der Waals surface area contributed by atoms with Crippen LogP contribution in [0.15, 0.2) is 40.8 Å². The molecule has 1 aromatic carbocycles. The van der Waals surface area contributed by atoms with Crippen molar-refractivity contribution >= 4 is 28.3 Å². The van der Waals surface area contributed by atoms with Crippen LogP contribution in [0.3, 0.4) is 0 Å². The van der Waals surface area contributed by atoms with Gasteiger partial charge in [0.2, 0.25) is 11.8 Å². The molecule has 0 aromatic heterocycles. The van der Waals surface area contributed by atoms with Crippen molar-refractivity contribution in [2.45, 2.75) is 69.5 Å². The minimum absolute atomic E-state index is 0.0434. The molecule has 154 valence electrons. The van der Waals surface area contributed by atoms with E-state index in [2.05, 4.69) is 0 Å². The number of para-hydroxylation sites is 1. The molecule has 0 radical (unpaired) electrons. The van der Waals surface area contributed by atoms with E-state index >= 15 is 0 Å². The van der Waals surface area contributed by atoms with Gasteiger partial charge in [-0.15, -0.1) is 0 Å². The van der Waals surface area contributed by atoms with E-state index in [-0.39, 0.29) is 34.8 Å². The Bertz CT molecular complexity index is 871. The summed E-state index contributed by atoms with van der Waals surface area (Å²) in [5.41, 5.74) is 1.95. The summed E-state index contributed by atoms with van der Waals surface area (Å²) < 4.78 is 13.6. The molecule has 0 spiro atoms. The van der Waals surface area contributed by atoms with Gasteiger partial charge < -0.3 is 0 Å². The summed E-state index contributed by atoms with van der Waals surface area (Å²) in [6.07, 6.45) is 10.3. The molecule has 4 atom stereocenters. The zero-order chi connectivity index (χ0) is 20.0. The van der Waals surface area contributed by atoms with E-state index in [1.54, 1.807) is 0 Å². The second kappa shape index (κ2) is 7.82. The fourth-order valence-electron chi connectivity index (χ4n) is 6.05. The van der Waals surface area contributed by atoms with Crippen LogP contribution in [0.5, 0.6) is 0 Å². The highest BCUT2D eigenvalue weighted by atomic mass is 32.2. The zero-order valence-electron chi connectivity index (χ0n) is 16.8. The minimum atomic E-state index is -1.01. The Kier molecular flexibility index (Phi) is 5.19. The molecular weight excluding hydrogens is 382 g/mol. The van der Waals surface area contributed by atoms with Crippen molar-refractivity contribution in [3.05, 3.63) is 40.8 Å². The summed E-state index contributed by atoms with van der Waals surface area (Å²) in [5.74, 6) is -0.621. The Hall–Kier alpha value is -1.75. The molecule has 1 saturated heterocycles. The number of imide groups is 1. The van der Waals surface area contributed by atoms with Gasteiger partial charge in [0.15, 0.2) is 0 Å². The van der Waals surface area contributed by atoms with Crippen LogP contribution < -0.4 is 4.90 Å². The van der Waals surface area contributed by atoms with Crippen molar-refractivity contribution in [3.63, 3.8) is 0 Å². The molecule has 2 saturated carbocycles. The number of anilines is 1. The number of rotatable bonds is 3. The van der Waals surface area contributed by atoms with Gasteiger partial charge in [-0.05, 0) is 56.6 Å². The van der Waals surface area contributed by atoms with Crippen molar-refractivity contribution < 1.29 is 13.8 Å². The monoisotopic (exact) mass is 411 g/mol. The van der Waals surface area contributed by atoms with Crippen LogP contribution in [0.4, 0.5) is 5.69 Å². The van der Waals surface area contributed by atoms with Crippen molar-refractivity contribution in [2.24, 2.45) is 17.8 Å². The molecule has 4 aliphatic rings. The van der Waals surface area contributed by atoms with Crippen LogP contribution in [0.25, 0.3) is 0 Å². The lowest BCUT2D eigenvalue weighted by atomic mass is 9.67. The topological polar surface area (TPSA) is 54.5 Å². The van der Waals surface area contributed by atoms with Crippen molar-refractivity contribution in [2.75, 3.05) is 4.90 Å². The first kappa shape index (κ1) is 19.2. The molecule has 5 rings (SSSR count). The zero-order valence-corrected chi connectivity index (χ0v) is 17.7. The Labute approximate surface area is 175 Å². The third-order valence-electron chi connectivity index (χ3n) is 7.44. The summed E-state index contributed by atoms with van der Waals surface area (Å²) in [6, 6.07) is 9.30. The molecule has 1 heterocycles. The normalized spacial score (nSPS) is 31.6. The second-order valence-electron chi connectivity index (χ2n) is 9.04. The summed E-state index contributed by atoms with van der Waals surface area (Å²) in [4.78, 5) is 29.2. The average Bonchev–Trinajstić information content (AvgIpc) is 3.04. The Morgan fingerprint density at radius 2 is 1.55 bits per heavy atom. The highest BCUT2D eigenvalue weighted by molar-refractivity contribution is 7.89. The van der Waals surface area contributed by atoms with Gasteiger partial charge in [-0.3, -0.25) is 18.7 Å². The molecule has 3 fully saturated rings. The van der Waals surface area contributed by atoms with Gasteiger partial charge in [0, 0.05) is 10.2 Å². The lowest BCUT2D eigenvalue weighted by Gasteiger charge is -2.38. The van der Waals surface area contributed by atoms with E-state index in [1.165, 1.54) is 16.9 Å². The maximum Gasteiger partial charge on any atom is 0.238 e. The number of allylic oxidation sites excluding steroid dienone is 2. The van der Waals surface area contributed by atoms with Gasteiger partial charge in [-0.2, -0.15) is 0 Å². The van der Waals surface area contributed by atoms with Crippen LogP contribution in [0.1, 0.15) is 64.2 Å². The number of nitrogens with zero attached hydrogens (tertiary/aromatic N) is 1. The predicted molar refractivity (Wildman–Crippen MR) is 115 cm³/mol. The number of carbonyl (C=O) groups is 2. The van der Waals surface area contributed by atoms with Gasteiger partial charge in [-0.25, -0.2) is 0 Å². The van der Waals surface area contributed by atoms with Crippen LogP contribution >= 0.6 is 0 Å². The highest BCUT2D eigenvalue weighted by Gasteiger charge is 2.55. The fourth-order valence-corrected chi connectivity index (χ4v) is 8.07. The van der Waals surface area contributed by atoms with Crippen molar-refractivity contribution in [1.29, 1.82) is 0 Å². The maximum absolute atomic E-state index is 13.6. The lowest BCUT2D eigenvalue weighted by Crippen LogP contribution is -2.37. The first-order chi connectivity index (χ1) is 14.2. The van der Waals surface area contributed by atoms with Gasteiger partial charge in [0.25, 0.3) is 0 Å². The Morgan fingerprint density at radius 1 is 0.828 bits per heavy atom. The maximum atomic E-state index is 13.6. The molecule has 1 aromatic rings. The minimum Gasteiger partial charge on any atom is -0.274 e. The third-order valence-corrected chi connectivity index (χ3v) is 9.44. The standard InChI is InChI=1S/C24H29NO3S/c26-23-20-15-21(29(28)17-11-5-2-6-12-17)18-13-7-8-14-19(18)22(20)24(27)25(23)16-9-3-1-4-10-16/h1,3-4,9-10,17,19-20,22H,2,5-8,11-15H2/t19-,20+,22-,29?/m1/s1. The summed E-state index contributed by atoms with van der Waals surface area (Å²) in [7, 11) is -1.01. The van der Waals surface area contributed by atoms with E-state index in [0.29, 0.717) is 12.1 Å². The number of fused-ring (bicyclic) bond motifs is 3. The summed E-state index contributed by atoms with van der Waals surface area (Å²) in [5, 5.41) is 0.239. The third kappa shape index (κ3) is 3.22. The molecule has 2 amide bonds. The van der Waals surface area contributed by atoms with Crippen LogP contribution in [0, 0.1) is 17.8 Å². The van der Waals surface area contributed by atoms with Gasteiger partial charge in [0.1, 0.15) is 0 Å². The van der Waals surface area contributed by atoms with Crippen LogP contribution in [-0.2, 0) is 20.4 Å². The molecule has 29 heavy (non-hydrogen) atoms. The fraction of sp³-hybridized carbons (Fsp3) is 0.583. The Balaban J connectivity index is 1.50. The van der Waals surface area contributed by atoms with Gasteiger partial charge >= 0.3 is 0 Å². The summed E-state index contributed by atoms with van der Waals surface area (Å²) >= 11 is 0. The van der Waals surface area contributed by atoms with Crippen LogP contribution in [-0.4, -0.2) is 21.3 Å². The molecule has 5 heteroatoms. The molecule has 1 unspecified atom stereocenters. The first-order valence-electron chi connectivity index (χ1n) is 11.2. The van der Waals surface area contributed by atoms with Crippen LogP contribution in [0.2, 0.25) is 0 Å². The highest BCUT2D eigenvalue weighted by Crippen LogP contribution is 2.51. The van der Waals surface area contributed by atoms with E-state index in [1.807, 2.05) is 30.3 Å². The molecule has 1 aliphatic heterocycles. The summed E-state index contributed by atoms with van der Waals surface area (Å²) in [6.45, 7) is 0. The molecular formula is C24H29NO3S.